The Kier molecular flexibility index (Phi) is 12.7. The second-order valence-corrected chi connectivity index (χ2v) is 29.1. The predicted molar refractivity (Wildman–Crippen MR) is 245 cm³/mol. The molecule has 2 unspecified atom stereocenters. The van der Waals surface area contributed by atoms with E-state index in [2.05, 4.69) is 206 Å². The Morgan fingerprint density at radius 3 is 1.78 bits per heavy atom. The van der Waals surface area contributed by atoms with Gasteiger partial charge in [-0.1, -0.05) is 0 Å². The van der Waals surface area contributed by atoms with E-state index in [1.54, 1.807) is 32.6 Å². The Morgan fingerprint density at radius 2 is 1.12 bits per heavy atom. The Morgan fingerprint density at radius 1 is 0.525 bits per heavy atom. The standard InChI is InChI=1S/C43H43.C12H11Si.2ClH.Zr/c1-8-13-29-23-37-34(33-17-11-15-27-14-9-10-16-32(27)33)18-12-19-35(37)41(29)40-26-31(43(5,6)7)25-39-36-24-30(42(2,3)4)21-20-28(36)22-38(39)40;1-3-7-11(8-4-1)13-12-9-5-2-6-10-12;;;/h9-12,14-26,41H,8,13H2,1-7H3;1-10,13H;2*1H;/q;;;;+2/p-2. The van der Waals surface area contributed by atoms with Crippen molar-refractivity contribution in [2.45, 2.75) is 81.7 Å². The molecule has 4 heteroatoms. The van der Waals surface area contributed by atoms with Crippen molar-refractivity contribution in [3.8, 4) is 22.3 Å². The third kappa shape index (κ3) is 8.09. The molecule has 0 fully saturated rings. The van der Waals surface area contributed by atoms with Crippen molar-refractivity contribution in [1.82, 2.24) is 0 Å². The molecule has 2 atom stereocenters. The summed E-state index contributed by atoms with van der Waals surface area (Å²) in [5.41, 5.74) is 17.9. The van der Waals surface area contributed by atoms with Crippen molar-refractivity contribution in [2.75, 3.05) is 0 Å². The normalized spacial score (nSPS) is 15.4. The van der Waals surface area contributed by atoms with Gasteiger partial charge in [-0.15, -0.1) is 0 Å². The van der Waals surface area contributed by atoms with Crippen molar-refractivity contribution < 1.29 is 47.2 Å². The van der Waals surface area contributed by atoms with Crippen LogP contribution < -0.4 is 35.2 Å². The maximum absolute atomic E-state index is 2.68. The Balaban J connectivity index is 0.00000264. The molecule has 0 nitrogen and oxygen atoms in total. The van der Waals surface area contributed by atoms with Gasteiger partial charge in [0, 0.05) is 0 Å². The van der Waals surface area contributed by atoms with Gasteiger partial charge in [-0.05, 0) is 0 Å². The average molecular weight is 905 g/mol. The molecule has 0 radical (unpaired) electrons. The van der Waals surface area contributed by atoms with Crippen LogP contribution in [-0.2, 0) is 33.2 Å². The van der Waals surface area contributed by atoms with E-state index < -0.39 is 28.3 Å². The van der Waals surface area contributed by atoms with E-state index in [1.807, 2.05) is 0 Å². The molecule has 9 rings (SSSR count). The van der Waals surface area contributed by atoms with Gasteiger partial charge in [0.25, 0.3) is 0 Å². The zero-order valence-electron chi connectivity index (χ0n) is 35.4. The predicted octanol–water partition coefficient (Wildman–Crippen LogP) is 7.13. The molecule has 2 aliphatic carbocycles. The number of hydrogen-bond acceptors (Lipinski definition) is 0. The summed E-state index contributed by atoms with van der Waals surface area (Å²) in [5.74, 6) is -1.25. The first-order valence-corrected chi connectivity index (χ1v) is 28.4. The number of benzene rings is 7. The summed E-state index contributed by atoms with van der Waals surface area (Å²) in [6, 6.07) is 59.1. The number of hydrogen-bond donors (Lipinski definition) is 0. The third-order valence-corrected chi connectivity index (χ3v) is 26.6. The van der Waals surface area contributed by atoms with Crippen LogP contribution >= 0.6 is 0 Å². The van der Waals surface area contributed by atoms with Crippen LogP contribution in [0.1, 0.15) is 110 Å². The Labute approximate surface area is 377 Å². The molecule has 2 aliphatic rings. The maximum Gasteiger partial charge on any atom is -1.00 e. The van der Waals surface area contributed by atoms with Gasteiger partial charge >= 0.3 is 356 Å². The zero-order chi connectivity index (χ0) is 39.5. The van der Waals surface area contributed by atoms with Gasteiger partial charge in [0.1, 0.15) is 0 Å². The van der Waals surface area contributed by atoms with Crippen molar-refractivity contribution in [3.63, 3.8) is 0 Å². The number of allylic oxidation sites excluding steroid dienone is 1. The fourth-order valence-electron chi connectivity index (χ4n) is 9.60. The molecule has 296 valence electrons. The van der Waals surface area contributed by atoms with E-state index in [0.717, 1.165) is 12.8 Å². The minimum absolute atomic E-state index is 0. The van der Waals surface area contributed by atoms with Crippen molar-refractivity contribution >= 4 is 33.1 Å². The maximum atomic E-state index is 2.68. The molecule has 0 saturated carbocycles. The molecular formula is C55H54Cl2SiZr. The second-order valence-electron chi connectivity index (χ2n) is 18.4. The largest absolute Gasteiger partial charge is 1.00 e. The van der Waals surface area contributed by atoms with Crippen LogP contribution in [-0.4, -0.2) is 5.92 Å². The summed E-state index contributed by atoms with van der Waals surface area (Å²) in [5, 5.41) is 5.82. The van der Waals surface area contributed by atoms with Crippen molar-refractivity contribution in [1.29, 1.82) is 0 Å². The van der Waals surface area contributed by atoms with Crippen LogP contribution in [0.2, 0.25) is 0 Å². The van der Waals surface area contributed by atoms with Gasteiger partial charge in [0.15, 0.2) is 0 Å². The number of halogens is 2. The van der Waals surface area contributed by atoms with Gasteiger partial charge < -0.3 is 24.8 Å². The molecule has 0 aliphatic heterocycles. The number of fused-ring (bicyclic) bond motifs is 5. The molecule has 7 aromatic carbocycles. The third-order valence-electron chi connectivity index (χ3n) is 12.6. The van der Waals surface area contributed by atoms with E-state index in [0.29, 0.717) is 3.63 Å². The van der Waals surface area contributed by atoms with Crippen LogP contribution in [0.15, 0.2) is 157 Å². The van der Waals surface area contributed by atoms with E-state index in [4.69, 9.17) is 0 Å². The fraction of sp³-hybridized carbons (Fsp3) is 0.236. The van der Waals surface area contributed by atoms with Gasteiger partial charge in [0.2, 0.25) is 0 Å². The quantitative estimate of drug-likeness (QED) is 0.143. The molecule has 0 heterocycles. The van der Waals surface area contributed by atoms with Gasteiger partial charge in [-0.25, -0.2) is 0 Å². The Bertz CT molecular complexity index is 2610. The molecule has 0 aromatic heterocycles. The summed E-state index contributed by atoms with van der Waals surface area (Å²) in [4.78, 5) is 0. The molecule has 0 spiro atoms. The smallest absolute Gasteiger partial charge is 1.00 e. The minimum atomic E-state index is -1.48. The molecule has 0 N–H and O–H groups in total. The van der Waals surface area contributed by atoms with Crippen LogP contribution in [0.25, 0.3) is 39.1 Å². The molecule has 0 bridgehead atoms. The monoisotopic (exact) mass is 902 g/mol. The van der Waals surface area contributed by atoms with Crippen LogP contribution in [0.4, 0.5) is 0 Å². The number of rotatable bonds is 8. The molecule has 0 amide bonds. The first-order chi connectivity index (χ1) is 27.5. The van der Waals surface area contributed by atoms with Crippen molar-refractivity contribution in [2.24, 2.45) is 0 Å². The SMILES string of the molecule is CCCC1=Cc2c(-c3cccc4ccccc34)cccc2C1c1cc(C(C)(C)C)cc2c1[CH]([Zr+2][SiH](c1ccccc1)c1ccccc1)c1ccc(C(C)(C)C)cc1-2.[Cl-].[Cl-]. The first kappa shape index (κ1) is 43.3. The summed E-state index contributed by atoms with van der Waals surface area (Å²) >= 11 is -1.13. The van der Waals surface area contributed by atoms with E-state index in [9.17, 15) is 0 Å². The minimum Gasteiger partial charge on any atom is -1.00 e. The fourth-order valence-corrected chi connectivity index (χ4v) is 24.4. The summed E-state index contributed by atoms with van der Waals surface area (Å²) in [7, 11) is 0. The van der Waals surface area contributed by atoms with Gasteiger partial charge in [-0.3, -0.25) is 0 Å². The average Bonchev–Trinajstić information content (AvgIpc) is 3.74. The van der Waals surface area contributed by atoms with Crippen molar-refractivity contribution in [3.05, 3.63) is 196 Å². The van der Waals surface area contributed by atoms with Crippen LogP contribution in [0.3, 0.4) is 0 Å². The first-order valence-electron chi connectivity index (χ1n) is 21.0. The van der Waals surface area contributed by atoms with E-state index in [1.165, 1.54) is 55.3 Å². The molecular weight excluding hydrogens is 851 g/mol. The molecule has 0 saturated heterocycles. The van der Waals surface area contributed by atoms with Gasteiger partial charge in [0.05, 0.1) is 0 Å². The van der Waals surface area contributed by atoms with Gasteiger partial charge in [-0.2, -0.15) is 0 Å². The second kappa shape index (κ2) is 17.3. The summed E-state index contributed by atoms with van der Waals surface area (Å²) in [6.07, 6.45) is 4.84. The molecule has 7 aromatic rings. The van der Waals surface area contributed by atoms with Crippen LogP contribution in [0, 0.1) is 0 Å². The zero-order valence-corrected chi connectivity index (χ0v) is 40.5. The topological polar surface area (TPSA) is 0 Å². The van der Waals surface area contributed by atoms with Crippen LogP contribution in [0.5, 0.6) is 0 Å². The summed E-state index contributed by atoms with van der Waals surface area (Å²) in [6.45, 7) is 16.7. The van der Waals surface area contributed by atoms with E-state index in [-0.39, 0.29) is 41.6 Å². The molecule has 59 heavy (non-hydrogen) atoms. The van der Waals surface area contributed by atoms with E-state index >= 15 is 0 Å². The Hall–Kier alpha value is -3.78. The summed E-state index contributed by atoms with van der Waals surface area (Å²) < 4.78 is 0.474.